The number of para-hydroxylation sites is 2. The summed E-state index contributed by atoms with van der Waals surface area (Å²) in [6.07, 6.45) is 1.42. The van der Waals surface area contributed by atoms with Crippen LogP contribution in [0.3, 0.4) is 0 Å². The van der Waals surface area contributed by atoms with Crippen molar-refractivity contribution in [2.24, 2.45) is 5.92 Å². The highest BCUT2D eigenvalue weighted by molar-refractivity contribution is 5.88. The number of furan rings is 1. The predicted molar refractivity (Wildman–Crippen MR) is 106 cm³/mol. The SMILES string of the molecule is Cc1oc(CN(C)C(=O)C2CCN(c3nc4ccccc4o3)CC2)cc1C(=O)O. The lowest BCUT2D eigenvalue weighted by molar-refractivity contribution is -0.135. The molecule has 3 aromatic rings. The van der Waals surface area contributed by atoms with Crippen LogP contribution in [0.25, 0.3) is 11.1 Å². The number of fused-ring (bicyclic) bond motifs is 1. The average molecular weight is 397 g/mol. The highest BCUT2D eigenvalue weighted by Gasteiger charge is 2.29. The summed E-state index contributed by atoms with van der Waals surface area (Å²) < 4.78 is 11.3. The molecule has 4 rings (SSSR count). The zero-order valence-corrected chi connectivity index (χ0v) is 16.4. The number of nitrogens with zero attached hydrogens (tertiary/aromatic N) is 3. The first kappa shape index (κ1) is 19.0. The van der Waals surface area contributed by atoms with Crippen molar-refractivity contribution in [1.29, 1.82) is 0 Å². The molecule has 8 nitrogen and oxygen atoms in total. The third kappa shape index (κ3) is 3.83. The molecule has 1 saturated heterocycles. The Hall–Kier alpha value is -3.29. The second-order valence-electron chi connectivity index (χ2n) is 7.41. The fourth-order valence-corrected chi connectivity index (χ4v) is 3.77. The summed E-state index contributed by atoms with van der Waals surface area (Å²) in [7, 11) is 1.72. The second-order valence-corrected chi connectivity index (χ2v) is 7.41. The molecule has 1 fully saturated rings. The van der Waals surface area contributed by atoms with Crippen molar-refractivity contribution in [2.45, 2.75) is 26.3 Å². The van der Waals surface area contributed by atoms with Gasteiger partial charge >= 0.3 is 5.97 Å². The molecule has 8 heteroatoms. The molecule has 0 spiro atoms. The summed E-state index contributed by atoms with van der Waals surface area (Å²) in [5.41, 5.74) is 1.72. The van der Waals surface area contributed by atoms with Crippen LogP contribution in [0, 0.1) is 12.8 Å². The summed E-state index contributed by atoms with van der Waals surface area (Å²) in [6.45, 7) is 3.25. The highest BCUT2D eigenvalue weighted by Crippen LogP contribution is 2.27. The van der Waals surface area contributed by atoms with E-state index in [1.54, 1.807) is 18.9 Å². The number of anilines is 1. The molecule has 2 aromatic heterocycles. The van der Waals surface area contributed by atoms with Gasteiger partial charge in [-0.05, 0) is 38.0 Å². The first-order valence-corrected chi connectivity index (χ1v) is 9.60. The van der Waals surface area contributed by atoms with Gasteiger partial charge in [0.25, 0.3) is 6.01 Å². The molecule has 1 N–H and O–H groups in total. The number of oxazole rings is 1. The highest BCUT2D eigenvalue weighted by atomic mass is 16.4. The number of aromatic carboxylic acids is 1. The molecule has 1 amide bonds. The number of hydrogen-bond acceptors (Lipinski definition) is 6. The third-order valence-electron chi connectivity index (χ3n) is 5.37. The van der Waals surface area contributed by atoms with E-state index in [4.69, 9.17) is 13.9 Å². The Morgan fingerprint density at radius 2 is 1.97 bits per heavy atom. The number of carboxylic acids is 1. The van der Waals surface area contributed by atoms with Crippen LogP contribution in [0.5, 0.6) is 0 Å². The molecule has 152 valence electrons. The van der Waals surface area contributed by atoms with Gasteiger partial charge in [0.2, 0.25) is 5.91 Å². The van der Waals surface area contributed by atoms with Crippen LogP contribution in [-0.4, -0.2) is 47.0 Å². The van der Waals surface area contributed by atoms with Gasteiger partial charge in [-0.1, -0.05) is 12.1 Å². The van der Waals surface area contributed by atoms with E-state index in [0.29, 0.717) is 43.5 Å². The first-order valence-electron chi connectivity index (χ1n) is 9.60. The molecular weight excluding hydrogens is 374 g/mol. The van der Waals surface area contributed by atoms with E-state index in [2.05, 4.69) is 9.88 Å². The predicted octanol–water partition coefficient (Wildman–Crippen LogP) is 3.30. The lowest BCUT2D eigenvalue weighted by atomic mass is 9.95. The molecule has 1 aliphatic rings. The molecule has 1 aliphatic heterocycles. The molecule has 0 atom stereocenters. The minimum Gasteiger partial charge on any atom is -0.478 e. The number of benzene rings is 1. The van der Waals surface area contributed by atoms with Crippen LogP contribution >= 0.6 is 0 Å². The van der Waals surface area contributed by atoms with Gasteiger partial charge in [0, 0.05) is 26.1 Å². The van der Waals surface area contributed by atoms with Crippen LogP contribution in [0.4, 0.5) is 6.01 Å². The Morgan fingerprint density at radius 3 is 2.62 bits per heavy atom. The van der Waals surface area contributed by atoms with Crippen LogP contribution in [0.1, 0.15) is 34.7 Å². The van der Waals surface area contributed by atoms with Gasteiger partial charge in [-0.2, -0.15) is 4.98 Å². The second kappa shape index (κ2) is 7.62. The largest absolute Gasteiger partial charge is 0.478 e. The van der Waals surface area contributed by atoms with Crippen molar-refractivity contribution in [3.8, 4) is 0 Å². The van der Waals surface area contributed by atoms with Gasteiger partial charge in [-0.25, -0.2) is 4.79 Å². The zero-order valence-electron chi connectivity index (χ0n) is 16.4. The van der Waals surface area contributed by atoms with Crippen molar-refractivity contribution >= 4 is 29.0 Å². The minimum atomic E-state index is -1.03. The summed E-state index contributed by atoms with van der Waals surface area (Å²) in [5, 5.41) is 9.13. The Labute approximate surface area is 167 Å². The van der Waals surface area contributed by atoms with E-state index in [0.717, 1.165) is 11.1 Å². The van der Waals surface area contributed by atoms with E-state index >= 15 is 0 Å². The summed E-state index contributed by atoms with van der Waals surface area (Å²) in [5.74, 6) is -0.263. The number of aryl methyl sites for hydroxylation is 1. The minimum absolute atomic E-state index is 0.0353. The molecule has 0 aliphatic carbocycles. The van der Waals surface area contributed by atoms with E-state index in [-0.39, 0.29) is 23.9 Å². The zero-order chi connectivity index (χ0) is 20.5. The summed E-state index contributed by atoms with van der Waals surface area (Å²) in [6, 6.07) is 9.73. The Balaban J connectivity index is 1.35. The number of carbonyl (C=O) groups is 2. The van der Waals surface area contributed by atoms with Gasteiger partial charge < -0.3 is 23.7 Å². The van der Waals surface area contributed by atoms with E-state index in [1.165, 1.54) is 6.07 Å². The first-order chi connectivity index (χ1) is 13.9. The maximum Gasteiger partial charge on any atom is 0.339 e. The number of carboxylic acid groups (broad SMARTS) is 1. The van der Waals surface area contributed by atoms with Gasteiger partial charge in [-0.3, -0.25) is 4.79 Å². The molecular formula is C21H23N3O5. The normalized spacial score (nSPS) is 15.0. The quantitative estimate of drug-likeness (QED) is 0.705. The van der Waals surface area contributed by atoms with Crippen molar-refractivity contribution in [1.82, 2.24) is 9.88 Å². The number of amides is 1. The van der Waals surface area contributed by atoms with Crippen LogP contribution in [0.2, 0.25) is 0 Å². The topological polar surface area (TPSA) is 100 Å². The lowest BCUT2D eigenvalue weighted by Gasteiger charge is -2.32. The Morgan fingerprint density at radius 1 is 1.24 bits per heavy atom. The van der Waals surface area contributed by atoms with Crippen molar-refractivity contribution in [3.63, 3.8) is 0 Å². The maximum absolute atomic E-state index is 12.8. The van der Waals surface area contributed by atoms with Gasteiger partial charge in [0.15, 0.2) is 5.58 Å². The molecule has 29 heavy (non-hydrogen) atoms. The summed E-state index contributed by atoms with van der Waals surface area (Å²) >= 11 is 0. The van der Waals surface area contributed by atoms with Crippen LogP contribution in [-0.2, 0) is 11.3 Å². The van der Waals surface area contributed by atoms with Gasteiger partial charge in [-0.15, -0.1) is 0 Å². The maximum atomic E-state index is 12.8. The van der Waals surface area contributed by atoms with Crippen molar-refractivity contribution in [3.05, 3.63) is 47.4 Å². The number of carbonyl (C=O) groups excluding carboxylic acids is 1. The number of rotatable bonds is 5. The van der Waals surface area contributed by atoms with Gasteiger partial charge in [0.05, 0.1) is 6.54 Å². The van der Waals surface area contributed by atoms with Crippen LogP contribution < -0.4 is 4.90 Å². The summed E-state index contributed by atoms with van der Waals surface area (Å²) in [4.78, 5) is 32.2. The standard InChI is InChI=1S/C21H23N3O5/c1-13-16(20(26)27)11-15(28-13)12-23(2)19(25)14-7-9-24(10-8-14)21-22-17-5-3-4-6-18(17)29-21/h3-6,11,14H,7-10,12H2,1-2H3,(H,26,27). The number of piperidine rings is 1. The van der Waals surface area contributed by atoms with Gasteiger partial charge in [0.1, 0.15) is 22.6 Å². The van der Waals surface area contributed by atoms with E-state index in [1.807, 2.05) is 24.3 Å². The molecule has 1 aromatic carbocycles. The molecule has 0 unspecified atom stereocenters. The van der Waals surface area contributed by atoms with Crippen molar-refractivity contribution < 1.29 is 23.5 Å². The molecule has 0 bridgehead atoms. The number of aromatic nitrogens is 1. The third-order valence-corrected chi connectivity index (χ3v) is 5.37. The average Bonchev–Trinajstić information content (AvgIpc) is 3.30. The molecule has 3 heterocycles. The fraction of sp³-hybridized carbons (Fsp3) is 0.381. The monoisotopic (exact) mass is 397 g/mol. The molecule has 0 radical (unpaired) electrons. The number of hydrogen-bond donors (Lipinski definition) is 1. The Kier molecular flexibility index (Phi) is 5.00. The lowest BCUT2D eigenvalue weighted by Crippen LogP contribution is -2.41. The van der Waals surface area contributed by atoms with Crippen molar-refractivity contribution in [2.75, 3.05) is 25.0 Å². The van der Waals surface area contributed by atoms with E-state index < -0.39 is 5.97 Å². The fourth-order valence-electron chi connectivity index (χ4n) is 3.77. The smallest absolute Gasteiger partial charge is 0.339 e. The van der Waals surface area contributed by atoms with Crippen LogP contribution in [0.15, 0.2) is 39.2 Å². The van der Waals surface area contributed by atoms with E-state index in [9.17, 15) is 9.59 Å². The molecule has 0 saturated carbocycles. The Bertz CT molecular complexity index is 1010.